The van der Waals surface area contributed by atoms with Gasteiger partial charge in [0.05, 0.1) is 0 Å². The zero-order valence-corrected chi connectivity index (χ0v) is 12.9. The van der Waals surface area contributed by atoms with Crippen molar-refractivity contribution in [3.05, 3.63) is 36.5 Å². The van der Waals surface area contributed by atoms with Crippen molar-refractivity contribution in [1.82, 2.24) is 0 Å². The Morgan fingerprint density at radius 2 is 1.90 bits per heavy atom. The molecule has 1 aliphatic rings. The Hall–Kier alpha value is -1.84. The van der Waals surface area contributed by atoms with Gasteiger partial charge in [-0.25, -0.2) is 0 Å². The zero-order chi connectivity index (χ0) is 16.1. The van der Waals surface area contributed by atoms with E-state index in [2.05, 4.69) is 26.0 Å². The molecule has 4 heteroatoms. The molecule has 0 radical (unpaired) electrons. The van der Waals surface area contributed by atoms with E-state index < -0.39 is 17.4 Å². The molecule has 0 aromatic rings. The minimum atomic E-state index is -1.73. The summed E-state index contributed by atoms with van der Waals surface area (Å²) in [7, 11) is 0. The van der Waals surface area contributed by atoms with Gasteiger partial charge in [0, 0.05) is 5.41 Å². The van der Waals surface area contributed by atoms with Crippen LogP contribution in [0.5, 0.6) is 0 Å². The highest BCUT2D eigenvalue weighted by Crippen LogP contribution is 2.38. The Labute approximate surface area is 125 Å². The van der Waals surface area contributed by atoms with Gasteiger partial charge in [-0.05, 0) is 25.2 Å². The van der Waals surface area contributed by atoms with Gasteiger partial charge in [-0.3, -0.25) is 9.59 Å². The standard InChI is InChI=1S/C17H24O4/c1-4-17(14(18)19,15(20)21)12-8-11-16(13(2)3)9-6-5-7-10-16/h5-9,11,13H,4,10,12H2,1-3H3,(H,18,19)(H,20,21). The average molecular weight is 292 g/mol. The molecule has 0 aromatic heterocycles. The van der Waals surface area contributed by atoms with Crippen LogP contribution in [0.2, 0.25) is 0 Å². The predicted octanol–water partition coefficient (Wildman–Crippen LogP) is 3.66. The molecule has 0 spiro atoms. The SMILES string of the molecule is CCC(CC=CC1(C(C)C)C=CC=CC1)(C(=O)O)C(=O)O. The molecule has 0 aliphatic heterocycles. The summed E-state index contributed by atoms with van der Waals surface area (Å²) in [5.41, 5.74) is -1.89. The zero-order valence-electron chi connectivity index (χ0n) is 12.9. The molecule has 1 unspecified atom stereocenters. The minimum Gasteiger partial charge on any atom is -0.480 e. The highest BCUT2D eigenvalue weighted by molar-refractivity contribution is 5.98. The summed E-state index contributed by atoms with van der Waals surface area (Å²) in [5.74, 6) is -2.21. The fraction of sp³-hybridized carbons (Fsp3) is 0.529. The average Bonchev–Trinajstić information content (AvgIpc) is 2.43. The van der Waals surface area contributed by atoms with Crippen molar-refractivity contribution in [1.29, 1.82) is 0 Å². The summed E-state index contributed by atoms with van der Waals surface area (Å²) >= 11 is 0. The molecule has 1 aliphatic carbocycles. The normalized spacial score (nSPS) is 22.1. The number of allylic oxidation sites excluding steroid dienone is 6. The third kappa shape index (κ3) is 3.43. The van der Waals surface area contributed by atoms with Crippen LogP contribution in [0.15, 0.2) is 36.5 Å². The molecule has 1 rings (SSSR count). The third-order valence-electron chi connectivity index (χ3n) is 4.52. The first kappa shape index (κ1) is 17.2. The highest BCUT2D eigenvalue weighted by atomic mass is 16.4. The van der Waals surface area contributed by atoms with Crippen LogP contribution in [0.3, 0.4) is 0 Å². The van der Waals surface area contributed by atoms with Crippen LogP contribution in [0.4, 0.5) is 0 Å². The maximum Gasteiger partial charge on any atom is 0.321 e. The molecular weight excluding hydrogens is 268 g/mol. The lowest BCUT2D eigenvalue weighted by Gasteiger charge is -2.33. The fourth-order valence-corrected chi connectivity index (χ4v) is 2.59. The summed E-state index contributed by atoms with van der Waals surface area (Å²) in [4.78, 5) is 22.7. The monoisotopic (exact) mass is 292 g/mol. The lowest BCUT2D eigenvalue weighted by atomic mass is 9.71. The van der Waals surface area contributed by atoms with Crippen molar-refractivity contribution in [2.75, 3.05) is 0 Å². The minimum absolute atomic E-state index is 0.000189. The first-order valence-corrected chi connectivity index (χ1v) is 7.29. The summed E-state index contributed by atoms with van der Waals surface area (Å²) in [6, 6.07) is 0. The highest BCUT2D eigenvalue weighted by Gasteiger charge is 2.44. The molecule has 0 heterocycles. The molecule has 1 atom stereocenters. The second-order valence-corrected chi connectivity index (χ2v) is 5.91. The second-order valence-electron chi connectivity index (χ2n) is 5.91. The third-order valence-corrected chi connectivity index (χ3v) is 4.52. The van der Waals surface area contributed by atoms with Crippen molar-refractivity contribution in [2.24, 2.45) is 16.7 Å². The largest absolute Gasteiger partial charge is 0.480 e. The molecule has 0 fully saturated rings. The van der Waals surface area contributed by atoms with Gasteiger partial charge < -0.3 is 10.2 Å². The first-order chi connectivity index (χ1) is 9.81. The van der Waals surface area contributed by atoms with E-state index in [1.165, 1.54) is 0 Å². The number of carboxylic acid groups (broad SMARTS) is 2. The number of carboxylic acids is 2. The van der Waals surface area contributed by atoms with Crippen LogP contribution in [0.1, 0.15) is 40.0 Å². The quantitative estimate of drug-likeness (QED) is 0.554. The van der Waals surface area contributed by atoms with Crippen LogP contribution in [0.25, 0.3) is 0 Å². The van der Waals surface area contributed by atoms with Gasteiger partial charge in [-0.2, -0.15) is 0 Å². The Morgan fingerprint density at radius 1 is 1.29 bits per heavy atom. The molecule has 0 bridgehead atoms. The van der Waals surface area contributed by atoms with E-state index in [1.807, 2.05) is 18.2 Å². The molecule has 0 saturated carbocycles. The molecule has 116 valence electrons. The maximum atomic E-state index is 11.3. The summed E-state index contributed by atoms with van der Waals surface area (Å²) in [6.07, 6.45) is 12.7. The Bertz CT molecular complexity index is 471. The predicted molar refractivity (Wildman–Crippen MR) is 81.9 cm³/mol. The lowest BCUT2D eigenvalue weighted by molar-refractivity contribution is -0.164. The van der Waals surface area contributed by atoms with Crippen LogP contribution < -0.4 is 0 Å². The first-order valence-electron chi connectivity index (χ1n) is 7.29. The van der Waals surface area contributed by atoms with E-state index >= 15 is 0 Å². The van der Waals surface area contributed by atoms with Gasteiger partial charge in [-0.15, -0.1) is 0 Å². The topological polar surface area (TPSA) is 74.6 Å². The van der Waals surface area contributed by atoms with Crippen molar-refractivity contribution in [3.8, 4) is 0 Å². The second kappa shape index (κ2) is 6.74. The lowest BCUT2D eigenvalue weighted by Crippen LogP contribution is -2.38. The number of hydrogen-bond donors (Lipinski definition) is 2. The van der Waals surface area contributed by atoms with Gasteiger partial charge in [-0.1, -0.05) is 57.2 Å². The number of hydrogen-bond acceptors (Lipinski definition) is 2. The van der Waals surface area contributed by atoms with Crippen molar-refractivity contribution in [3.63, 3.8) is 0 Å². The van der Waals surface area contributed by atoms with E-state index in [-0.39, 0.29) is 18.3 Å². The van der Waals surface area contributed by atoms with E-state index in [0.29, 0.717) is 5.92 Å². The van der Waals surface area contributed by atoms with Crippen molar-refractivity contribution >= 4 is 11.9 Å². The summed E-state index contributed by atoms with van der Waals surface area (Å²) in [6.45, 7) is 5.81. The van der Waals surface area contributed by atoms with E-state index in [9.17, 15) is 19.8 Å². The molecule has 21 heavy (non-hydrogen) atoms. The summed E-state index contributed by atoms with van der Waals surface area (Å²) in [5, 5.41) is 18.5. The Balaban J connectivity index is 2.98. The molecule has 2 N–H and O–H groups in total. The van der Waals surface area contributed by atoms with E-state index in [1.54, 1.807) is 13.0 Å². The van der Waals surface area contributed by atoms with Crippen LogP contribution >= 0.6 is 0 Å². The number of rotatable bonds is 7. The number of aliphatic carboxylic acids is 2. The van der Waals surface area contributed by atoms with Gasteiger partial charge in [0.2, 0.25) is 0 Å². The smallest absolute Gasteiger partial charge is 0.321 e. The summed E-state index contributed by atoms with van der Waals surface area (Å²) < 4.78 is 0. The molecular formula is C17H24O4. The van der Waals surface area contributed by atoms with Gasteiger partial charge in [0.15, 0.2) is 5.41 Å². The van der Waals surface area contributed by atoms with E-state index in [0.717, 1.165) is 6.42 Å². The fourth-order valence-electron chi connectivity index (χ4n) is 2.59. The molecule has 4 nitrogen and oxygen atoms in total. The molecule has 0 amide bonds. The molecule has 0 saturated heterocycles. The maximum absolute atomic E-state index is 11.3. The van der Waals surface area contributed by atoms with Crippen molar-refractivity contribution in [2.45, 2.75) is 40.0 Å². The van der Waals surface area contributed by atoms with Gasteiger partial charge in [0.25, 0.3) is 0 Å². The van der Waals surface area contributed by atoms with Gasteiger partial charge >= 0.3 is 11.9 Å². The van der Waals surface area contributed by atoms with Crippen LogP contribution in [-0.2, 0) is 9.59 Å². The van der Waals surface area contributed by atoms with Crippen LogP contribution in [-0.4, -0.2) is 22.2 Å². The number of carbonyl (C=O) groups is 2. The Kier molecular flexibility index (Phi) is 5.53. The van der Waals surface area contributed by atoms with Crippen LogP contribution in [0, 0.1) is 16.7 Å². The van der Waals surface area contributed by atoms with Crippen molar-refractivity contribution < 1.29 is 19.8 Å². The Morgan fingerprint density at radius 3 is 2.29 bits per heavy atom. The van der Waals surface area contributed by atoms with E-state index in [4.69, 9.17) is 0 Å². The molecule has 0 aromatic carbocycles. The van der Waals surface area contributed by atoms with Gasteiger partial charge in [0.1, 0.15) is 0 Å².